The number of carbonyl (C=O) groups is 1. The van der Waals surface area contributed by atoms with Gasteiger partial charge in [0.1, 0.15) is 0 Å². The number of halogens is 1. The van der Waals surface area contributed by atoms with E-state index in [1.165, 1.54) is 32.1 Å². The van der Waals surface area contributed by atoms with Crippen LogP contribution in [0.5, 0.6) is 0 Å². The van der Waals surface area contributed by atoms with Gasteiger partial charge in [-0.3, -0.25) is 9.79 Å². The first-order valence-electron chi connectivity index (χ1n) is 9.39. The predicted molar refractivity (Wildman–Crippen MR) is 111 cm³/mol. The molecule has 1 heterocycles. The van der Waals surface area contributed by atoms with Crippen LogP contribution < -0.4 is 5.32 Å². The number of rotatable bonds is 4. The molecule has 0 aromatic heterocycles. The van der Waals surface area contributed by atoms with Crippen molar-refractivity contribution in [3.8, 4) is 0 Å². The SMILES string of the molecule is CCNC(=NCCC1CCCC(C)C1)N1CCN(C(C)=O)CC1.I. The molecule has 1 saturated carbocycles. The van der Waals surface area contributed by atoms with E-state index in [1.807, 2.05) is 4.90 Å². The average Bonchev–Trinajstić information content (AvgIpc) is 2.54. The molecule has 6 heteroatoms. The second-order valence-corrected chi connectivity index (χ2v) is 7.16. The van der Waals surface area contributed by atoms with Gasteiger partial charge in [0.25, 0.3) is 0 Å². The van der Waals surface area contributed by atoms with Crippen molar-refractivity contribution in [1.82, 2.24) is 15.1 Å². The van der Waals surface area contributed by atoms with Crippen LogP contribution in [-0.2, 0) is 4.79 Å². The lowest BCUT2D eigenvalue weighted by Crippen LogP contribution is -2.53. The van der Waals surface area contributed by atoms with Crippen molar-refractivity contribution in [2.45, 2.75) is 52.9 Å². The maximum absolute atomic E-state index is 11.4. The highest BCUT2D eigenvalue weighted by molar-refractivity contribution is 14.0. The Morgan fingerprint density at radius 2 is 1.83 bits per heavy atom. The summed E-state index contributed by atoms with van der Waals surface area (Å²) in [4.78, 5) is 20.5. The minimum Gasteiger partial charge on any atom is -0.357 e. The van der Waals surface area contributed by atoms with Crippen molar-refractivity contribution >= 4 is 35.8 Å². The molecule has 1 aliphatic heterocycles. The van der Waals surface area contributed by atoms with Crippen molar-refractivity contribution in [3.63, 3.8) is 0 Å². The molecule has 1 aliphatic carbocycles. The Balaban J connectivity index is 0.00000288. The minimum absolute atomic E-state index is 0. The van der Waals surface area contributed by atoms with Gasteiger partial charge in [-0.15, -0.1) is 24.0 Å². The second kappa shape index (κ2) is 11.2. The van der Waals surface area contributed by atoms with E-state index in [1.54, 1.807) is 6.92 Å². The summed E-state index contributed by atoms with van der Waals surface area (Å²) in [6, 6.07) is 0. The van der Waals surface area contributed by atoms with Gasteiger partial charge in [0.05, 0.1) is 0 Å². The molecule has 0 radical (unpaired) electrons. The average molecular weight is 450 g/mol. The van der Waals surface area contributed by atoms with Crippen molar-refractivity contribution in [2.24, 2.45) is 16.8 Å². The molecular formula is C18H35IN4O. The van der Waals surface area contributed by atoms with Gasteiger partial charge in [0, 0.05) is 46.2 Å². The molecule has 0 spiro atoms. The maximum atomic E-state index is 11.4. The Morgan fingerprint density at radius 3 is 2.42 bits per heavy atom. The number of piperazine rings is 1. The second-order valence-electron chi connectivity index (χ2n) is 7.16. The molecule has 0 bridgehead atoms. The number of guanidine groups is 1. The van der Waals surface area contributed by atoms with Gasteiger partial charge in [0.15, 0.2) is 5.96 Å². The van der Waals surface area contributed by atoms with Crippen LogP contribution in [0.2, 0.25) is 0 Å². The van der Waals surface area contributed by atoms with E-state index in [4.69, 9.17) is 4.99 Å². The van der Waals surface area contributed by atoms with Crippen LogP contribution in [-0.4, -0.2) is 60.9 Å². The van der Waals surface area contributed by atoms with Gasteiger partial charge in [-0.05, 0) is 31.6 Å². The highest BCUT2D eigenvalue weighted by Gasteiger charge is 2.21. The van der Waals surface area contributed by atoms with Gasteiger partial charge in [-0.2, -0.15) is 0 Å². The van der Waals surface area contributed by atoms with Crippen molar-refractivity contribution < 1.29 is 4.79 Å². The third-order valence-corrected chi connectivity index (χ3v) is 5.20. The van der Waals surface area contributed by atoms with Crippen LogP contribution in [0.1, 0.15) is 52.9 Å². The van der Waals surface area contributed by atoms with Crippen molar-refractivity contribution in [1.29, 1.82) is 0 Å². The minimum atomic E-state index is 0. The fourth-order valence-corrected chi connectivity index (χ4v) is 3.83. The number of nitrogens with zero attached hydrogens (tertiary/aromatic N) is 3. The molecule has 5 nitrogen and oxygen atoms in total. The summed E-state index contributed by atoms with van der Waals surface area (Å²) >= 11 is 0. The quantitative estimate of drug-likeness (QED) is 0.407. The zero-order valence-electron chi connectivity index (χ0n) is 15.6. The summed E-state index contributed by atoms with van der Waals surface area (Å²) in [7, 11) is 0. The molecule has 0 aromatic carbocycles. The zero-order chi connectivity index (χ0) is 16.7. The Bertz CT molecular complexity index is 408. The van der Waals surface area contributed by atoms with Crippen molar-refractivity contribution in [3.05, 3.63) is 0 Å². The maximum Gasteiger partial charge on any atom is 0.219 e. The molecule has 2 rings (SSSR count). The van der Waals surface area contributed by atoms with Crippen LogP contribution in [0.3, 0.4) is 0 Å². The summed E-state index contributed by atoms with van der Waals surface area (Å²) < 4.78 is 0. The first-order chi connectivity index (χ1) is 11.1. The fourth-order valence-electron chi connectivity index (χ4n) is 3.83. The lowest BCUT2D eigenvalue weighted by Gasteiger charge is -2.36. The van der Waals surface area contributed by atoms with E-state index in [-0.39, 0.29) is 29.9 Å². The van der Waals surface area contributed by atoms with Gasteiger partial charge >= 0.3 is 0 Å². The molecule has 2 aliphatic rings. The molecule has 2 unspecified atom stereocenters. The van der Waals surface area contributed by atoms with E-state index in [9.17, 15) is 4.79 Å². The Morgan fingerprint density at radius 1 is 1.17 bits per heavy atom. The normalized spacial score (nSPS) is 25.2. The summed E-state index contributed by atoms with van der Waals surface area (Å²) in [6.45, 7) is 11.3. The summed E-state index contributed by atoms with van der Waals surface area (Å²) in [6.07, 6.45) is 6.77. The lowest BCUT2D eigenvalue weighted by molar-refractivity contribution is -0.130. The standard InChI is InChI=1S/C18H34N4O.HI/c1-4-19-18(22-12-10-21(11-13-22)16(3)23)20-9-8-17-7-5-6-15(2)14-17;/h15,17H,4-14H2,1-3H3,(H,19,20);1H. The van der Waals surface area contributed by atoms with Crippen LogP contribution in [0.4, 0.5) is 0 Å². The summed E-state index contributed by atoms with van der Waals surface area (Å²) in [5, 5.41) is 3.42. The fraction of sp³-hybridized carbons (Fsp3) is 0.889. The number of hydrogen-bond donors (Lipinski definition) is 1. The van der Waals surface area contributed by atoms with Crippen LogP contribution in [0.15, 0.2) is 4.99 Å². The third kappa shape index (κ3) is 6.76. The van der Waals surface area contributed by atoms with E-state index >= 15 is 0 Å². The van der Waals surface area contributed by atoms with Gasteiger partial charge in [-0.1, -0.05) is 26.2 Å². The molecular weight excluding hydrogens is 415 g/mol. The topological polar surface area (TPSA) is 47.9 Å². The van der Waals surface area contributed by atoms with Crippen molar-refractivity contribution in [2.75, 3.05) is 39.3 Å². The predicted octanol–water partition coefficient (Wildman–Crippen LogP) is 2.95. The smallest absolute Gasteiger partial charge is 0.219 e. The van der Waals surface area contributed by atoms with Gasteiger partial charge < -0.3 is 15.1 Å². The number of amides is 1. The zero-order valence-corrected chi connectivity index (χ0v) is 17.9. The molecule has 0 aromatic rings. The summed E-state index contributed by atoms with van der Waals surface area (Å²) in [5.41, 5.74) is 0. The lowest BCUT2D eigenvalue weighted by atomic mass is 9.81. The molecule has 1 N–H and O–H groups in total. The number of carbonyl (C=O) groups excluding carboxylic acids is 1. The number of nitrogens with one attached hydrogen (secondary N) is 1. The van der Waals surface area contributed by atoms with Crippen LogP contribution >= 0.6 is 24.0 Å². The Hall–Kier alpha value is -0.530. The van der Waals surface area contributed by atoms with Gasteiger partial charge in [0.2, 0.25) is 5.91 Å². The highest BCUT2D eigenvalue weighted by atomic mass is 127. The Kier molecular flexibility index (Phi) is 10.0. The molecule has 1 amide bonds. The number of aliphatic imine (C=N–C) groups is 1. The summed E-state index contributed by atoms with van der Waals surface area (Å²) in [5.74, 6) is 2.96. The first-order valence-corrected chi connectivity index (χ1v) is 9.39. The molecule has 2 atom stereocenters. The molecule has 24 heavy (non-hydrogen) atoms. The molecule has 1 saturated heterocycles. The molecule has 140 valence electrons. The molecule has 2 fully saturated rings. The van der Waals surface area contributed by atoms with Crippen LogP contribution in [0, 0.1) is 11.8 Å². The Labute approximate surface area is 164 Å². The van der Waals surface area contributed by atoms with Gasteiger partial charge in [-0.25, -0.2) is 0 Å². The first kappa shape index (κ1) is 21.5. The number of hydrogen-bond acceptors (Lipinski definition) is 2. The monoisotopic (exact) mass is 450 g/mol. The van der Waals surface area contributed by atoms with E-state index < -0.39 is 0 Å². The van der Waals surface area contributed by atoms with E-state index in [0.717, 1.165) is 57.1 Å². The highest BCUT2D eigenvalue weighted by Crippen LogP contribution is 2.30. The third-order valence-electron chi connectivity index (χ3n) is 5.20. The largest absolute Gasteiger partial charge is 0.357 e. The van der Waals surface area contributed by atoms with Crippen LogP contribution in [0.25, 0.3) is 0 Å². The van der Waals surface area contributed by atoms with E-state index in [0.29, 0.717) is 0 Å². The van der Waals surface area contributed by atoms with E-state index in [2.05, 4.69) is 24.1 Å².